The lowest BCUT2D eigenvalue weighted by molar-refractivity contribution is 0.828. The Labute approximate surface area is 151 Å². The molecule has 0 bridgehead atoms. The van der Waals surface area contributed by atoms with Crippen LogP contribution in [0.25, 0.3) is 5.69 Å². The van der Waals surface area contributed by atoms with Crippen molar-refractivity contribution in [3.63, 3.8) is 0 Å². The van der Waals surface area contributed by atoms with Gasteiger partial charge < -0.3 is 0 Å². The lowest BCUT2D eigenvalue weighted by Gasteiger charge is -2.11. The maximum absolute atomic E-state index is 6.28. The van der Waals surface area contributed by atoms with Crippen molar-refractivity contribution in [2.75, 3.05) is 0 Å². The molecule has 0 spiro atoms. The molecule has 0 saturated heterocycles. The van der Waals surface area contributed by atoms with Crippen LogP contribution >= 0.6 is 23.4 Å². The monoisotopic (exact) mass is 355 g/mol. The van der Waals surface area contributed by atoms with Crippen LogP contribution in [0.4, 0.5) is 0 Å². The lowest BCUT2D eigenvalue weighted by Crippen LogP contribution is -2.02. The van der Waals surface area contributed by atoms with Crippen molar-refractivity contribution in [1.29, 1.82) is 0 Å². The third kappa shape index (κ3) is 3.21. The molecule has 2 aromatic carbocycles. The maximum atomic E-state index is 6.28. The molecule has 122 valence electrons. The first-order chi connectivity index (χ1) is 11.7. The van der Waals surface area contributed by atoms with Crippen LogP contribution < -0.4 is 0 Å². The minimum atomic E-state index is 0.549. The Balaban J connectivity index is 1.67. The second-order valence-corrected chi connectivity index (χ2v) is 7.52. The second-order valence-electron chi connectivity index (χ2n) is 6.17. The number of rotatable bonds is 5. The van der Waals surface area contributed by atoms with E-state index < -0.39 is 0 Å². The van der Waals surface area contributed by atoms with E-state index in [-0.39, 0.29) is 0 Å². The molecule has 3 aromatic rings. The van der Waals surface area contributed by atoms with Gasteiger partial charge in [0.2, 0.25) is 0 Å². The van der Waals surface area contributed by atoms with Gasteiger partial charge in [0, 0.05) is 22.4 Å². The molecule has 1 aromatic heterocycles. The Morgan fingerprint density at radius 3 is 2.71 bits per heavy atom. The van der Waals surface area contributed by atoms with Crippen LogP contribution in [0.1, 0.15) is 35.7 Å². The fourth-order valence-electron chi connectivity index (χ4n) is 2.75. The van der Waals surface area contributed by atoms with Gasteiger partial charge in [-0.3, -0.25) is 4.57 Å². The van der Waals surface area contributed by atoms with Gasteiger partial charge in [0.05, 0.1) is 0 Å². The smallest absolute Gasteiger partial charge is 0.196 e. The highest BCUT2D eigenvalue weighted by Crippen LogP contribution is 2.41. The summed E-state index contributed by atoms with van der Waals surface area (Å²) < 4.78 is 2.21. The van der Waals surface area contributed by atoms with Crippen LogP contribution in [0.5, 0.6) is 0 Å². The lowest BCUT2D eigenvalue weighted by atomic mass is 10.2. The quantitative estimate of drug-likeness (QED) is 0.574. The number of aryl methyl sites for hydroxylation is 1. The van der Waals surface area contributed by atoms with Gasteiger partial charge >= 0.3 is 0 Å². The number of thioether (sulfide) groups is 1. The van der Waals surface area contributed by atoms with Crippen LogP contribution in [0, 0.1) is 6.92 Å². The third-order valence-electron chi connectivity index (χ3n) is 4.18. The molecule has 0 radical (unpaired) electrons. The molecule has 1 aliphatic carbocycles. The van der Waals surface area contributed by atoms with E-state index in [0.717, 1.165) is 33.0 Å². The molecular formula is C19H18ClN3S. The average molecular weight is 356 g/mol. The maximum Gasteiger partial charge on any atom is 0.196 e. The second kappa shape index (κ2) is 6.61. The zero-order valence-electron chi connectivity index (χ0n) is 13.4. The SMILES string of the molecule is Cc1cccc(-n2c(SCc3ccccc3Cl)nnc2C2CC2)c1. The van der Waals surface area contributed by atoms with Gasteiger partial charge in [-0.25, -0.2) is 0 Å². The van der Waals surface area contributed by atoms with Crippen molar-refractivity contribution >= 4 is 23.4 Å². The summed E-state index contributed by atoms with van der Waals surface area (Å²) in [6, 6.07) is 16.5. The van der Waals surface area contributed by atoms with Crippen molar-refractivity contribution in [2.45, 2.75) is 36.6 Å². The first kappa shape index (κ1) is 15.7. The van der Waals surface area contributed by atoms with E-state index in [0.29, 0.717) is 5.92 Å². The predicted octanol–water partition coefficient (Wildman–Crippen LogP) is 5.40. The molecule has 1 aliphatic rings. The molecule has 1 heterocycles. The molecule has 0 amide bonds. The number of hydrogen-bond donors (Lipinski definition) is 0. The van der Waals surface area contributed by atoms with Crippen LogP contribution in [0.2, 0.25) is 5.02 Å². The molecule has 0 unspecified atom stereocenters. The van der Waals surface area contributed by atoms with E-state index in [2.05, 4.69) is 52.0 Å². The fourth-order valence-corrected chi connectivity index (χ4v) is 3.99. The first-order valence-electron chi connectivity index (χ1n) is 8.11. The Morgan fingerprint density at radius 1 is 1.12 bits per heavy atom. The largest absolute Gasteiger partial charge is 0.274 e. The molecule has 1 fully saturated rings. The number of nitrogens with zero attached hydrogens (tertiary/aromatic N) is 3. The molecule has 0 N–H and O–H groups in total. The van der Waals surface area contributed by atoms with Gasteiger partial charge in [0.1, 0.15) is 5.82 Å². The van der Waals surface area contributed by atoms with E-state index in [1.54, 1.807) is 11.8 Å². The number of halogens is 1. The van der Waals surface area contributed by atoms with Crippen LogP contribution in [-0.4, -0.2) is 14.8 Å². The topological polar surface area (TPSA) is 30.7 Å². The summed E-state index contributed by atoms with van der Waals surface area (Å²) in [7, 11) is 0. The molecule has 5 heteroatoms. The molecule has 0 aliphatic heterocycles. The zero-order chi connectivity index (χ0) is 16.5. The summed E-state index contributed by atoms with van der Waals surface area (Å²) in [5, 5.41) is 10.7. The Bertz CT molecular complexity index is 871. The number of hydrogen-bond acceptors (Lipinski definition) is 3. The summed E-state index contributed by atoms with van der Waals surface area (Å²) in [6.07, 6.45) is 2.41. The van der Waals surface area contributed by atoms with Crippen molar-refractivity contribution in [1.82, 2.24) is 14.8 Å². The van der Waals surface area contributed by atoms with Gasteiger partial charge in [0.15, 0.2) is 5.16 Å². The van der Waals surface area contributed by atoms with Crippen molar-refractivity contribution in [3.8, 4) is 5.69 Å². The normalized spacial score (nSPS) is 14.1. The minimum Gasteiger partial charge on any atom is -0.274 e. The van der Waals surface area contributed by atoms with E-state index in [1.165, 1.54) is 18.4 Å². The Morgan fingerprint density at radius 2 is 1.96 bits per heavy atom. The fraction of sp³-hybridized carbons (Fsp3) is 0.263. The highest BCUT2D eigenvalue weighted by atomic mass is 35.5. The van der Waals surface area contributed by atoms with Gasteiger partial charge in [-0.05, 0) is 49.1 Å². The molecule has 1 saturated carbocycles. The van der Waals surface area contributed by atoms with Crippen LogP contribution in [0.15, 0.2) is 53.7 Å². The van der Waals surface area contributed by atoms with Gasteiger partial charge in [-0.2, -0.15) is 0 Å². The van der Waals surface area contributed by atoms with Crippen molar-refractivity contribution < 1.29 is 0 Å². The van der Waals surface area contributed by atoms with Gasteiger partial charge in [0.25, 0.3) is 0 Å². The van der Waals surface area contributed by atoms with E-state index >= 15 is 0 Å². The Kier molecular flexibility index (Phi) is 4.33. The number of aromatic nitrogens is 3. The van der Waals surface area contributed by atoms with Gasteiger partial charge in [-0.1, -0.05) is 53.7 Å². The molecule has 24 heavy (non-hydrogen) atoms. The number of benzene rings is 2. The summed E-state index contributed by atoms with van der Waals surface area (Å²) in [5.41, 5.74) is 3.50. The van der Waals surface area contributed by atoms with Crippen molar-refractivity contribution in [3.05, 3.63) is 70.5 Å². The molecule has 4 rings (SSSR count). The molecular weight excluding hydrogens is 338 g/mol. The van der Waals surface area contributed by atoms with E-state index in [9.17, 15) is 0 Å². The molecule has 3 nitrogen and oxygen atoms in total. The van der Waals surface area contributed by atoms with Crippen LogP contribution in [-0.2, 0) is 5.75 Å². The molecule has 0 atom stereocenters. The van der Waals surface area contributed by atoms with E-state index in [1.807, 2.05) is 18.2 Å². The van der Waals surface area contributed by atoms with E-state index in [4.69, 9.17) is 11.6 Å². The van der Waals surface area contributed by atoms with Crippen molar-refractivity contribution in [2.24, 2.45) is 0 Å². The first-order valence-corrected chi connectivity index (χ1v) is 9.47. The van der Waals surface area contributed by atoms with Gasteiger partial charge in [-0.15, -0.1) is 10.2 Å². The average Bonchev–Trinajstić information content (AvgIpc) is 3.34. The summed E-state index contributed by atoms with van der Waals surface area (Å²) in [5.74, 6) is 2.42. The third-order valence-corrected chi connectivity index (χ3v) is 5.52. The highest BCUT2D eigenvalue weighted by molar-refractivity contribution is 7.98. The highest BCUT2D eigenvalue weighted by Gasteiger charge is 2.31. The summed E-state index contributed by atoms with van der Waals surface area (Å²) >= 11 is 7.96. The zero-order valence-corrected chi connectivity index (χ0v) is 15.0. The summed E-state index contributed by atoms with van der Waals surface area (Å²) in [6.45, 7) is 2.11. The minimum absolute atomic E-state index is 0.549. The standard InChI is InChI=1S/C19H18ClN3S/c1-13-5-4-7-16(11-13)23-18(14-9-10-14)21-22-19(23)24-12-15-6-2-3-8-17(15)20/h2-8,11,14H,9-10,12H2,1H3. The predicted molar refractivity (Wildman–Crippen MR) is 99.1 cm³/mol. The summed E-state index contributed by atoms with van der Waals surface area (Å²) in [4.78, 5) is 0. The Hall–Kier alpha value is -1.78. The van der Waals surface area contributed by atoms with Crippen LogP contribution in [0.3, 0.4) is 0 Å².